The number of nitrogens with zero attached hydrogens (tertiary/aromatic N) is 1. The molecule has 0 unspecified atom stereocenters. The normalized spacial score (nSPS) is 17.6. The summed E-state index contributed by atoms with van der Waals surface area (Å²) in [5.74, 6) is -0.256. The average Bonchev–Trinajstić information content (AvgIpc) is 2.75. The van der Waals surface area contributed by atoms with E-state index in [1.165, 1.54) is 26.4 Å². The second-order valence-corrected chi connectivity index (χ2v) is 8.21. The van der Waals surface area contributed by atoms with Gasteiger partial charge in [0, 0.05) is 43.7 Å². The van der Waals surface area contributed by atoms with E-state index in [0.29, 0.717) is 24.5 Å². The molecule has 1 aromatic carbocycles. The van der Waals surface area contributed by atoms with Crippen molar-refractivity contribution in [3.8, 4) is 0 Å². The number of benzene rings is 1. The van der Waals surface area contributed by atoms with Gasteiger partial charge in [-0.15, -0.1) is 0 Å². The SMILES string of the molecule is COCC(=O)Nc1cccc(NC(=O)N2CCC(NC(=O)NC3CCCCC3)CC2)c1. The number of anilines is 2. The predicted molar refractivity (Wildman–Crippen MR) is 119 cm³/mol. The van der Waals surface area contributed by atoms with Crippen molar-refractivity contribution in [3.05, 3.63) is 24.3 Å². The quantitative estimate of drug-likeness (QED) is 0.555. The van der Waals surface area contributed by atoms with Crippen LogP contribution in [0.3, 0.4) is 0 Å². The number of hydrogen-bond acceptors (Lipinski definition) is 4. The molecule has 3 rings (SSSR count). The molecule has 1 aliphatic heterocycles. The molecule has 1 saturated heterocycles. The van der Waals surface area contributed by atoms with Crippen molar-refractivity contribution in [3.63, 3.8) is 0 Å². The smallest absolute Gasteiger partial charge is 0.321 e. The standard InChI is InChI=1S/C22H33N5O4/c1-31-15-20(28)23-18-8-5-9-19(14-18)26-22(30)27-12-10-17(11-13-27)25-21(29)24-16-6-3-2-4-7-16/h5,8-9,14,16-17H,2-4,6-7,10-13,15H2,1H3,(H,23,28)(H,26,30)(H2,24,25,29). The van der Waals surface area contributed by atoms with Crippen LogP contribution in [0.4, 0.5) is 21.0 Å². The number of urea groups is 2. The van der Waals surface area contributed by atoms with Gasteiger partial charge in [-0.2, -0.15) is 0 Å². The van der Waals surface area contributed by atoms with E-state index in [4.69, 9.17) is 4.74 Å². The molecule has 1 aliphatic carbocycles. The van der Waals surface area contributed by atoms with Crippen LogP contribution < -0.4 is 21.3 Å². The number of carbonyl (C=O) groups excluding carboxylic acids is 3. The summed E-state index contributed by atoms with van der Waals surface area (Å²) in [6.45, 7) is 1.12. The van der Waals surface area contributed by atoms with Gasteiger partial charge in [0.2, 0.25) is 5.91 Å². The summed E-state index contributed by atoms with van der Waals surface area (Å²) in [6.07, 6.45) is 7.18. The summed E-state index contributed by atoms with van der Waals surface area (Å²) >= 11 is 0. The Morgan fingerprint density at radius 2 is 1.55 bits per heavy atom. The van der Waals surface area contributed by atoms with Gasteiger partial charge >= 0.3 is 12.1 Å². The molecule has 0 aromatic heterocycles. The largest absolute Gasteiger partial charge is 0.375 e. The van der Waals surface area contributed by atoms with Gasteiger partial charge < -0.3 is 30.9 Å². The lowest BCUT2D eigenvalue weighted by molar-refractivity contribution is -0.119. The number of methoxy groups -OCH3 is 1. The highest BCUT2D eigenvalue weighted by Gasteiger charge is 2.25. The van der Waals surface area contributed by atoms with E-state index in [1.54, 1.807) is 29.2 Å². The molecule has 9 nitrogen and oxygen atoms in total. The minimum absolute atomic E-state index is 0.0295. The van der Waals surface area contributed by atoms with Crippen molar-refractivity contribution in [2.75, 3.05) is 37.4 Å². The Hall–Kier alpha value is -2.81. The summed E-state index contributed by atoms with van der Waals surface area (Å²) in [7, 11) is 1.46. The van der Waals surface area contributed by atoms with Gasteiger partial charge in [-0.1, -0.05) is 25.3 Å². The predicted octanol–water partition coefficient (Wildman–Crippen LogP) is 2.90. The number of hydrogen-bond donors (Lipinski definition) is 4. The van der Waals surface area contributed by atoms with Crippen LogP contribution in [0.1, 0.15) is 44.9 Å². The van der Waals surface area contributed by atoms with E-state index in [1.807, 2.05) is 0 Å². The zero-order valence-corrected chi connectivity index (χ0v) is 18.1. The van der Waals surface area contributed by atoms with Crippen LogP contribution in [-0.4, -0.2) is 61.8 Å². The maximum Gasteiger partial charge on any atom is 0.321 e. The Morgan fingerprint density at radius 1 is 0.935 bits per heavy atom. The van der Waals surface area contributed by atoms with Crippen molar-refractivity contribution in [2.45, 2.75) is 57.0 Å². The maximum atomic E-state index is 12.6. The highest BCUT2D eigenvalue weighted by Crippen LogP contribution is 2.19. The second-order valence-electron chi connectivity index (χ2n) is 8.21. The first-order valence-electron chi connectivity index (χ1n) is 11.1. The number of rotatable bonds is 6. The molecule has 31 heavy (non-hydrogen) atoms. The molecule has 2 fully saturated rings. The van der Waals surface area contributed by atoms with Crippen molar-refractivity contribution in [1.29, 1.82) is 0 Å². The molecule has 5 amide bonds. The molecule has 4 N–H and O–H groups in total. The van der Waals surface area contributed by atoms with Crippen LogP contribution in [-0.2, 0) is 9.53 Å². The maximum absolute atomic E-state index is 12.6. The fourth-order valence-corrected chi connectivity index (χ4v) is 4.09. The Kier molecular flexibility index (Phi) is 8.52. The van der Waals surface area contributed by atoms with Crippen LogP contribution >= 0.6 is 0 Å². The summed E-state index contributed by atoms with van der Waals surface area (Å²) in [4.78, 5) is 38.2. The molecule has 1 saturated carbocycles. The minimum Gasteiger partial charge on any atom is -0.375 e. The Morgan fingerprint density at radius 3 is 2.19 bits per heavy atom. The number of piperidine rings is 1. The van der Waals surface area contributed by atoms with Crippen LogP contribution in [0.2, 0.25) is 0 Å². The van der Waals surface area contributed by atoms with Gasteiger partial charge in [-0.25, -0.2) is 9.59 Å². The summed E-state index contributed by atoms with van der Waals surface area (Å²) in [5.41, 5.74) is 1.19. The van der Waals surface area contributed by atoms with E-state index in [2.05, 4.69) is 21.3 Å². The average molecular weight is 432 g/mol. The van der Waals surface area contributed by atoms with Gasteiger partial charge in [0.15, 0.2) is 0 Å². The lowest BCUT2D eigenvalue weighted by atomic mass is 9.96. The molecule has 9 heteroatoms. The minimum atomic E-state index is -0.256. The van der Waals surface area contributed by atoms with Crippen LogP contribution in [0.25, 0.3) is 0 Å². The lowest BCUT2D eigenvalue weighted by Crippen LogP contribution is -2.51. The third-order valence-corrected chi connectivity index (χ3v) is 5.73. The fraction of sp³-hybridized carbons (Fsp3) is 0.591. The van der Waals surface area contributed by atoms with Gasteiger partial charge in [0.25, 0.3) is 0 Å². The first-order valence-corrected chi connectivity index (χ1v) is 11.1. The zero-order chi connectivity index (χ0) is 22.1. The molecular weight excluding hydrogens is 398 g/mol. The van der Waals surface area contributed by atoms with E-state index >= 15 is 0 Å². The van der Waals surface area contributed by atoms with Gasteiger partial charge in [0.05, 0.1) is 0 Å². The summed E-state index contributed by atoms with van der Waals surface area (Å²) < 4.78 is 4.80. The fourth-order valence-electron chi connectivity index (χ4n) is 4.09. The van der Waals surface area contributed by atoms with E-state index < -0.39 is 0 Å². The first kappa shape index (κ1) is 22.9. The molecule has 0 spiro atoms. The third kappa shape index (κ3) is 7.43. The van der Waals surface area contributed by atoms with Crippen molar-refractivity contribution in [1.82, 2.24) is 15.5 Å². The number of likely N-dealkylation sites (tertiary alicyclic amines) is 1. The molecule has 0 radical (unpaired) electrons. The molecule has 0 bridgehead atoms. The molecule has 1 aromatic rings. The van der Waals surface area contributed by atoms with Crippen LogP contribution in [0.5, 0.6) is 0 Å². The highest BCUT2D eigenvalue weighted by atomic mass is 16.5. The van der Waals surface area contributed by atoms with Crippen molar-refractivity contribution in [2.24, 2.45) is 0 Å². The third-order valence-electron chi connectivity index (χ3n) is 5.73. The van der Waals surface area contributed by atoms with Crippen molar-refractivity contribution >= 4 is 29.3 Å². The van der Waals surface area contributed by atoms with Crippen LogP contribution in [0, 0.1) is 0 Å². The van der Waals surface area contributed by atoms with Gasteiger partial charge in [0.1, 0.15) is 6.61 Å². The van der Waals surface area contributed by atoms with E-state index in [0.717, 1.165) is 25.7 Å². The second kappa shape index (κ2) is 11.5. The molecule has 170 valence electrons. The first-order chi connectivity index (χ1) is 15.0. The van der Waals surface area contributed by atoms with E-state index in [-0.39, 0.29) is 36.7 Å². The summed E-state index contributed by atoms with van der Waals surface area (Å²) in [5, 5.41) is 11.7. The Labute approximate surface area is 183 Å². The van der Waals surface area contributed by atoms with Crippen LogP contribution in [0.15, 0.2) is 24.3 Å². The highest BCUT2D eigenvalue weighted by molar-refractivity contribution is 5.94. The zero-order valence-electron chi connectivity index (χ0n) is 18.1. The van der Waals surface area contributed by atoms with Crippen molar-refractivity contribution < 1.29 is 19.1 Å². The molecule has 0 atom stereocenters. The van der Waals surface area contributed by atoms with Gasteiger partial charge in [-0.05, 0) is 43.9 Å². The molecular formula is C22H33N5O4. The number of carbonyl (C=O) groups is 3. The Balaban J connectivity index is 1.40. The monoisotopic (exact) mass is 431 g/mol. The summed E-state index contributed by atoms with van der Waals surface area (Å²) in [6, 6.07) is 7.07. The van der Waals surface area contributed by atoms with Gasteiger partial charge in [-0.3, -0.25) is 4.79 Å². The Bertz CT molecular complexity index is 758. The topological polar surface area (TPSA) is 112 Å². The number of ether oxygens (including phenoxy) is 1. The van der Waals surface area contributed by atoms with E-state index in [9.17, 15) is 14.4 Å². The number of amides is 5. The lowest BCUT2D eigenvalue weighted by Gasteiger charge is -2.33. The number of nitrogens with one attached hydrogen (secondary N) is 4. The molecule has 1 heterocycles. The molecule has 2 aliphatic rings.